The van der Waals surface area contributed by atoms with Crippen LogP contribution in [0.15, 0.2) is 42.5 Å². The molecule has 0 spiro atoms. The molecule has 4 amide bonds. The summed E-state index contributed by atoms with van der Waals surface area (Å²) >= 11 is 11.8. The molecule has 2 aromatic rings. The summed E-state index contributed by atoms with van der Waals surface area (Å²) < 4.78 is 0. The summed E-state index contributed by atoms with van der Waals surface area (Å²) in [5, 5.41) is 5.97. The van der Waals surface area contributed by atoms with Crippen molar-refractivity contribution in [2.24, 2.45) is 0 Å². The molecule has 1 fully saturated rings. The van der Waals surface area contributed by atoms with Crippen LogP contribution in [0.25, 0.3) is 0 Å². The highest BCUT2D eigenvalue weighted by molar-refractivity contribution is 6.42. The minimum absolute atomic E-state index is 0.0307. The molecule has 30 heavy (non-hydrogen) atoms. The molecule has 1 heterocycles. The first-order valence-corrected chi connectivity index (χ1v) is 10.2. The SMILES string of the molecule is CC(C)(C)c1ccc([C@@]2(C)NC(=O)N(CC(=O)Nc3ccc(Cl)c(Cl)c3)C2=O)cc1. The van der Waals surface area contributed by atoms with Crippen LogP contribution in [0, 0.1) is 0 Å². The molecule has 6 nitrogen and oxygen atoms in total. The van der Waals surface area contributed by atoms with Gasteiger partial charge >= 0.3 is 6.03 Å². The smallest absolute Gasteiger partial charge is 0.324 e. The normalized spacial score (nSPS) is 19.1. The number of amides is 4. The van der Waals surface area contributed by atoms with Gasteiger partial charge in [-0.15, -0.1) is 0 Å². The van der Waals surface area contributed by atoms with E-state index in [4.69, 9.17) is 23.2 Å². The fourth-order valence-corrected chi connectivity index (χ4v) is 3.56. The highest BCUT2D eigenvalue weighted by atomic mass is 35.5. The maximum Gasteiger partial charge on any atom is 0.325 e. The molecule has 8 heteroatoms. The highest BCUT2D eigenvalue weighted by Gasteiger charge is 2.49. The standard InChI is InChI=1S/C22H23Cl2N3O3/c1-21(2,3)13-5-7-14(8-6-13)22(4)19(29)27(20(30)26-22)12-18(28)25-15-9-10-16(23)17(24)11-15/h5-11H,12H2,1-4H3,(H,25,28)(H,26,30)/t22-/m1/s1. The van der Waals surface area contributed by atoms with Gasteiger partial charge in [0.2, 0.25) is 5.91 Å². The minimum atomic E-state index is -1.24. The first-order valence-electron chi connectivity index (χ1n) is 9.42. The van der Waals surface area contributed by atoms with Crippen LogP contribution in [0.2, 0.25) is 10.0 Å². The number of nitrogens with zero attached hydrogens (tertiary/aromatic N) is 1. The Labute approximate surface area is 185 Å². The van der Waals surface area contributed by atoms with Crippen LogP contribution in [0.3, 0.4) is 0 Å². The van der Waals surface area contributed by atoms with Gasteiger partial charge in [0.15, 0.2) is 0 Å². The number of rotatable bonds is 4. The van der Waals surface area contributed by atoms with E-state index < -0.39 is 29.9 Å². The molecule has 0 saturated carbocycles. The summed E-state index contributed by atoms with van der Waals surface area (Å²) in [6.07, 6.45) is 0. The maximum atomic E-state index is 13.0. The predicted molar refractivity (Wildman–Crippen MR) is 118 cm³/mol. The Bertz CT molecular complexity index is 1020. The monoisotopic (exact) mass is 447 g/mol. The zero-order valence-corrected chi connectivity index (χ0v) is 18.7. The number of halogens is 2. The first kappa shape index (κ1) is 22.1. The summed E-state index contributed by atoms with van der Waals surface area (Å²) in [6.45, 7) is 7.51. The number of carbonyl (C=O) groups excluding carboxylic acids is 3. The number of carbonyl (C=O) groups is 3. The van der Waals surface area contributed by atoms with Gasteiger partial charge in [0.05, 0.1) is 10.0 Å². The molecule has 2 aromatic carbocycles. The summed E-state index contributed by atoms with van der Waals surface area (Å²) in [7, 11) is 0. The first-order chi connectivity index (χ1) is 13.9. The van der Waals surface area contributed by atoms with E-state index in [1.54, 1.807) is 19.1 Å². The van der Waals surface area contributed by atoms with Gasteiger partial charge in [-0.3, -0.25) is 14.5 Å². The van der Waals surface area contributed by atoms with Crippen molar-refractivity contribution in [3.05, 3.63) is 63.6 Å². The second-order valence-electron chi connectivity index (χ2n) is 8.45. The largest absolute Gasteiger partial charge is 0.325 e. The lowest BCUT2D eigenvalue weighted by atomic mass is 9.84. The van der Waals surface area contributed by atoms with E-state index in [-0.39, 0.29) is 10.4 Å². The van der Waals surface area contributed by atoms with E-state index in [0.29, 0.717) is 16.3 Å². The quantitative estimate of drug-likeness (QED) is 0.666. The number of benzene rings is 2. The molecule has 0 aliphatic carbocycles. The maximum absolute atomic E-state index is 13.0. The molecule has 0 bridgehead atoms. The van der Waals surface area contributed by atoms with Crippen LogP contribution in [-0.4, -0.2) is 29.3 Å². The Hall–Kier alpha value is -2.57. The van der Waals surface area contributed by atoms with Crippen molar-refractivity contribution in [3.63, 3.8) is 0 Å². The molecule has 3 rings (SSSR count). The Kier molecular flexibility index (Phi) is 5.85. The lowest BCUT2D eigenvalue weighted by molar-refractivity contribution is -0.133. The van der Waals surface area contributed by atoms with Gasteiger partial charge < -0.3 is 10.6 Å². The summed E-state index contributed by atoms with van der Waals surface area (Å²) in [4.78, 5) is 38.8. The van der Waals surface area contributed by atoms with Crippen LogP contribution in [0.1, 0.15) is 38.8 Å². The zero-order valence-electron chi connectivity index (χ0n) is 17.2. The third-order valence-electron chi connectivity index (χ3n) is 5.11. The number of hydrogen-bond donors (Lipinski definition) is 2. The van der Waals surface area contributed by atoms with E-state index in [0.717, 1.165) is 10.5 Å². The van der Waals surface area contributed by atoms with Crippen LogP contribution in [-0.2, 0) is 20.5 Å². The third-order valence-corrected chi connectivity index (χ3v) is 5.85. The topological polar surface area (TPSA) is 78.5 Å². The van der Waals surface area contributed by atoms with E-state index in [1.807, 2.05) is 24.3 Å². The average Bonchev–Trinajstić information content (AvgIpc) is 2.88. The molecular formula is C22H23Cl2N3O3. The molecule has 158 valence electrons. The van der Waals surface area contributed by atoms with Crippen LogP contribution >= 0.6 is 23.2 Å². The number of anilines is 1. The van der Waals surface area contributed by atoms with Gasteiger partial charge in [-0.25, -0.2) is 4.79 Å². The van der Waals surface area contributed by atoms with Gasteiger partial charge in [0.1, 0.15) is 12.1 Å². The lowest BCUT2D eigenvalue weighted by Gasteiger charge is -2.24. The van der Waals surface area contributed by atoms with E-state index in [9.17, 15) is 14.4 Å². The van der Waals surface area contributed by atoms with E-state index in [2.05, 4.69) is 31.4 Å². The van der Waals surface area contributed by atoms with Crippen molar-refractivity contribution < 1.29 is 14.4 Å². The second kappa shape index (κ2) is 7.93. The molecule has 1 atom stereocenters. The van der Waals surface area contributed by atoms with E-state index >= 15 is 0 Å². The van der Waals surface area contributed by atoms with E-state index in [1.165, 1.54) is 6.07 Å². The Morgan fingerprint density at radius 3 is 2.27 bits per heavy atom. The number of hydrogen-bond acceptors (Lipinski definition) is 3. The molecule has 2 N–H and O–H groups in total. The Morgan fingerprint density at radius 2 is 1.70 bits per heavy atom. The Morgan fingerprint density at radius 1 is 1.07 bits per heavy atom. The molecule has 0 unspecified atom stereocenters. The second-order valence-corrected chi connectivity index (χ2v) is 9.27. The summed E-state index contributed by atoms with van der Waals surface area (Å²) in [5.41, 5.74) is 0.918. The van der Waals surface area contributed by atoms with Crippen LogP contribution in [0.4, 0.5) is 10.5 Å². The minimum Gasteiger partial charge on any atom is -0.324 e. The third kappa shape index (κ3) is 4.30. The van der Waals surface area contributed by atoms with Gasteiger partial charge in [-0.05, 0) is 41.7 Å². The Balaban J connectivity index is 1.75. The lowest BCUT2D eigenvalue weighted by Crippen LogP contribution is -2.42. The highest BCUT2D eigenvalue weighted by Crippen LogP contribution is 2.31. The molecule has 1 aliphatic rings. The predicted octanol–water partition coefficient (Wildman–Crippen LogP) is 4.70. The number of nitrogens with one attached hydrogen (secondary N) is 2. The van der Waals surface area contributed by atoms with Gasteiger partial charge in [0.25, 0.3) is 5.91 Å². The fourth-order valence-electron chi connectivity index (χ4n) is 3.26. The summed E-state index contributed by atoms with van der Waals surface area (Å²) in [6, 6.07) is 11.6. The van der Waals surface area contributed by atoms with Crippen LogP contribution < -0.4 is 10.6 Å². The average molecular weight is 448 g/mol. The van der Waals surface area contributed by atoms with Gasteiger partial charge in [-0.2, -0.15) is 0 Å². The van der Waals surface area contributed by atoms with Crippen molar-refractivity contribution in [2.45, 2.75) is 38.6 Å². The van der Waals surface area contributed by atoms with Crippen molar-refractivity contribution in [3.8, 4) is 0 Å². The zero-order chi connectivity index (χ0) is 22.3. The molecule has 0 aromatic heterocycles. The van der Waals surface area contributed by atoms with Gasteiger partial charge in [-0.1, -0.05) is 68.2 Å². The van der Waals surface area contributed by atoms with Gasteiger partial charge in [0, 0.05) is 5.69 Å². The number of urea groups is 1. The van der Waals surface area contributed by atoms with Crippen molar-refractivity contribution in [2.75, 3.05) is 11.9 Å². The molecular weight excluding hydrogens is 425 g/mol. The fraction of sp³-hybridized carbons (Fsp3) is 0.318. The molecule has 0 radical (unpaired) electrons. The van der Waals surface area contributed by atoms with Crippen LogP contribution in [0.5, 0.6) is 0 Å². The van der Waals surface area contributed by atoms with Crippen molar-refractivity contribution >= 4 is 46.7 Å². The molecule has 1 saturated heterocycles. The van der Waals surface area contributed by atoms with Crippen molar-refractivity contribution in [1.29, 1.82) is 0 Å². The summed E-state index contributed by atoms with van der Waals surface area (Å²) in [5.74, 6) is -1.01. The van der Waals surface area contributed by atoms with Crippen molar-refractivity contribution in [1.82, 2.24) is 10.2 Å². The number of imide groups is 1. The molecule has 1 aliphatic heterocycles.